The molecule has 13 heteroatoms. The van der Waals surface area contributed by atoms with Crippen molar-refractivity contribution in [3.63, 3.8) is 0 Å². The number of sulfonamides is 2. The van der Waals surface area contributed by atoms with Crippen LogP contribution in [0.4, 0.5) is 0 Å². The van der Waals surface area contributed by atoms with E-state index in [9.17, 15) is 21.6 Å². The SMILES string of the molecule is Cc1noc(C)c1S(=O)(=O)N[C@@H](C)C(=O)N1CCN(S(=O)(=O)c2ccc(Cl)cc2)CC1. The standard InChI is InChI=1S/C18H23ClN4O6S2/c1-12-17(14(3)29-20-12)30(25,26)21-13(2)18(24)22-8-10-23(11-9-22)31(27,28)16-6-4-15(19)5-7-16/h4-7,13,21H,8-11H2,1-3H3/t13-/m0/s1. The lowest BCUT2D eigenvalue weighted by Gasteiger charge is -2.35. The van der Waals surface area contributed by atoms with Crippen molar-refractivity contribution < 1.29 is 26.2 Å². The van der Waals surface area contributed by atoms with Crippen LogP contribution < -0.4 is 4.72 Å². The summed E-state index contributed by atoms with van der Waals surface area (Å²) in [4.78, 5) is 14.2. The van der Waals surface area contributed by atoms with Gasteiger partial charge in [0.05, 0.1) is 10.9 Å². The van der Waals surface area contributed by atoms with E-state index in [0.717, 1.165) is 0 Å². The van der Waals surface area contributed by atoms with Gasteiger partial charge < -0.3 is 9.42 Å². The molecule has 1 aromatic carbocycles. The molecule has 0 saturated carbocycles. The Kier molecular flexibility index (Phi) is 6.77. The molecule has 0 bridgehead atoms. The van der Waals surface area contributed by atoms with Crippen LogP contribution >= 0.6 is 11.6 Å². The second-order valence-electron chi connectivity index (χ2n) is 7.18. The van der Waals surface area contributed by atoms with E-state index in [1.807, 2.05) is 0 Å². The maximum Gasteiger partial charge on any atom is 0.246 e. The Bertz CT molecular complexity index is 1150. The predicted octanol–water partition coefficient (Wildman–Crippen LogP) is 1.14. The molecule has 3 rings (SSSR count). The molecule has 1 saturated heterocycles. The minimum atomic E-state index is -4.01. The van der Waals surface area contributed by atoms with Crippen molar-refractivity contribution in [3.05, 3.63) is 40.7 Å². The number of carbonyl (C=O) groups excluding carboxylic acids is 1. The van der Waals surface area contributed by atoms with Crippen LogP contribution in [0.1, 0.15) is 18.4 Å². The molecule has 10 nitrogen and oxygen atoms in total. The smallest absolute Gasteiger partial charge is 0.246 e. The average molecular weight is 491 g/mol. The van der Waals surface area contributed by atoms with Crippen LogP contribution in [-0.4, -0.2) is 69.3 Å². The monoisotopic (exact) mass is 490 g/mol. The molecule has 2 aromatic rings. The normalized spacial score (nSPS) is 17.0. The second-order valence-corrected chi connectivity index (χ2v) is 11.2. The number of amides is 1. The van der Waals surface area contributed by atoms with E-state index in [-0.39, 0.29) is 47.4 Å². The zero-order valence-corrected chi connectivity index (χ0v) is 19.6. The molecule has 1 aliphatic heterocycles. The minimum Gasteiger partial charge on any atom is -0.360 e. The lowest BCUT2D eigenvalue weighted by molar-refractivity contribution is -0.133. The number of aryl methyl sites for hydroxylation is 2. The van der Waals surface area contributed by atoms with Crippen LogP contribution in [-0.2, 0) is 24.8 Å². The van der Waals surface area contributed by atoms with Gasteiger partial charge in [-0.2, -0.15) is 9.03 Å². The number of nitrogens with one attached hydrogen (secondary N) is 1. The predicted molar refractivity (Wildman–Crippen MR) is 113 cm³/mol. The molecular weight excluding hydrogens is 468 g/mol. The molecule has 0 spiro atoms. The minimum absolute atomic E-state index is 0.0916. The number of rotatable bonds is 6. The molecule has 0 radical (unpaired) electrons. The summed E-state index contributed by atoms with van der Waals surface area (Å²) in [5.74, 6) is -0.315. The van der Waals surface area contributed by atoms with Gasteiger partial charge in [0.2, 0.25) is 26.0 Å². The maximum atomic E-state index is 12.8. The van der Waals surface area contributed by atoms with Gasteiger partial charge in [-0.05, 0) is 45.0 Å². The van der Waals surface area contributed by atoms with Gasteiger partial charge in [-0.15, -0.1) is 0 Å². The Labute approximate surface area is 186 Å². The van der Waals surface area contributed by atoms with E-state index < -0.39 is 32.0 Å². The van der Waals surface area contributed by atoms with Crippen molar-refractivity contribution in [2.45, 2.75) is 36.6 Å². The summed E-state index contributed by atoms with van der Waals surface area (Å²) >= 11 is 5.82. The second kappa shape index (κ2) is 8.87. The van der Waals surface area contributed by atoms with Gasteiger partial charge >= 0.3 is 0 Å². The first-order chi connectivity index (χ1) is 14.4. The van der Waals surface area contributed by atoms with Crippen molar-refractivity contribution in [1.29, 1.82) is 0 Å². The van der Waals surface area contributed by atoms with E-state index in [2.05, 4.69) is 9.88 Å². The van der Waals surface area contributed by atoms with Gasteiger partial charge in [0.15, 0.2) is 5.76 Å². The number of carbonyl (C=O) groups is 1. The Hall–Kier alpha value is -1.99. The highest BCUT2D eigenvalue weighted by molar-refractivity contribution is 7.89. The third-order valence-electron chi connectivity index (χ3n) is 4.94. The highest BCUT2D eigenvalue weighted by Gasteiger charge is 2.34. The molecule has 31 heavy (non-hydrogen) atoms. The summed E-state index contributed by atoms with van der Waals surface area (Å²) in [7, 11) is -7.71. The van der Waals surface area contributed by atoms with Gasteiger partial charge in [0.25, 0.3) is 0 Å². The van der Waals surface area contributed by atoms with Crippen molar-refractivity contribution >= 4 is 37.6 Å². The molecule has 1 aliphatic rings. The topological polar surface area (TPSA) is 130 Å². The number of hydrogen-bond donors (Lipinski definition) is 1. The lowest BCUT2D eigenvalue weighted by Crippen LogP contribution is -2.55. The van der Waals surface area contributed by atoms with Crippen LogP contribution in [0, 0.1) is 13.8 Å². The van der Waals surface area contributed by atoms with Gasteiger partial charge in [-0.3, -0.25) is 4.79 Å². The first kappa shape index (κ1) is 23.7. The van der Waals surface area contributed by atoms with Crippen molar-refractivity contribution in [1.82, 2.24) is 19.1 Å². The Morgan fingerprint density at radius 2 is 1.68 bits per heavy atom. The molecule has 1 amide bonds. The molecule has 1 aromatic heterocycles. The van der Waals surface area contributed by atoms with Crippen molar-refractivity contribution in [3.8, 4) is 0 Å². The van der Waals surface area contributed by atoms with E-state index in [1.54, 1.807) is 0 Å². The largest absolute Gasteiger partial charge is 0.360 e. The van der Waals surface area contributed by atoms with E-state index >= 15 is 0 Å². The molecule has 1 fully saturated rings. The third-order valence-corrected chi connectivity index (χ3v) is 8.89. The number of nitrogens with zero attached hydrogens (tertiary/aromatic N) is 3. The third kappa shape index (κ3) is 4.93. The highest BCUT2D eigenvalue weighted by Crippen LogP contribution is 2.21. The summed E-state index contributed by atoms with van der Waals surface area (Å²) in [6.45, 7) is 4.89. The Morgan fingerprint density at radius 1 is 1.10 bits per heavy atom. The van der Waals surface area contributed by atoms with Crippen LogP contribution in [0.5, 0.6) is 0 Å². The van der Waals surface area contributed by atoms with Gasteiger partial charge in [-0.25, -0.2) is 16.8 Å². The molecule has 170 valence electrons. The molecular formula is C18H23ClN4O6S2. The zero-order chi connectivity index (χ0) is 23.0. The van der Waals surface area contributed by atoms with Crippen LogP contribution in [0.3, 0.4) is 0 Å². The summed E-state index contributed by atoms with van der Waals surface area (Å²) in [5.41, 5.74) is 0.200. The van der Waals surface area contributed by atoms with Crippen LogP contribution in [0.25, 0.3) is 0 Å². The summed E-state index contributed by atoms with van der Waals surface area (Å²) in [6, 6.07) is 4.82. The van der Waals surface area contributed by atoms with E-state index in [4.69, 9.17) is 16.1 Å². The molecule has 2 heterocycles. The van der Waals surface area contributed by atoms with Crippen molar-refractivity contribution in [2.75, 3.05) is 26.2 Å². The molecule has 0 aliphatic carbocycles. The number of piperazine rings is 1. The maximum absolute atomic E-state index is 12.8. The fourth-order valence-corrected chi connectivity index (χ4v) is 6.45. The number of aromatic nitrogens is 1. The van der Waals surface area contributed by atoms with E-state index in [0.29, 0.717) is 5.02 Å². The summed E-state index contributed by atoms with van der Waals surface area (Å²) in [5, 5.41) is 4.06. The highest BCUT2D eigenvalue weighted by atomic mass is 35.5. The van der Waals surface area contributed by atoms with Gasteiger partial charge in [0.1, 0.15) is 10.6 Å². The number of benzene rings is 1. The Morgan fingerprint density at radius 3 is 2.19 bits per heavy atom. The first-order valence-corrected chi connectivity index (χ1v) is 12.7. The zero-order valence-electron chi connectivity index (χ0n) is 17.2. The molecule has 1 N–H and O–H groups in total. The Balaban J connectivity index is 1.64. The average Bonchev–Trinajstić information content (AvgIpc) is 3.06. The fourth-order valence-electron chi connectivity index (χ4n) is 3.38. The van der Waals surface area contributed by atoms with Gasteiger partial charge in [-0.1, -0.05) is 16.8 Å². The number of halogens is 1. The quantitative estimate of drug-likeness (QED) is 0.642. The lowest BCUT2D eigenvalue weighted by atomic mass is 10.2. The van der Waals surface area contributed by atoms with Crippen molar-refractivity contribution in [2.24, 2.45) is 0 Å². The first-order valence-electron chi connectivity index (χ1n) is 9.43. The fraction of sp³-hybridized carbons (Fsp3) is 0.444. The summed E-state index contributed by atoms with van der Waals surface area (Å²) < 4.78 is 59.3. The number of hydrogen-bond acceptors (Lipinski definition) is 7. The van der Waals surface area contributed by atoms with Gasteiger partial charge in [0, 0.05) is 31.2 Å². The van der Waals surface area contributed by atoms with Crippen LogP contribution in [0.2, 0.25) is 5.02 Å². The molecule has 0 unspecified atom stereocenters. The molecule has 1 atom stereocenters. The van der Waals surface area contributed by atoms with E-state index in [1.165, 1.54) is 54.2 Å². The summed E-state index contributed by atoms with van der Waals surface area (Å²) in [6.07, 6.45) is 0. The van der Waals surface area contributed by atoms with Crippen LogP contribution in [0.15, 0.2) is 38.6 Å².